The summed E-state index contributed by atoms with van der Waals surface area (Å²) in [5.41, 5.74) is 1.43. The lowest BCUT2D eigenvalue weighted by molar-refractivity contribution is -0.149. The van der Waals surface area contributed by atoms with Crippen molar-refractivity contribution in [3.8, 4) is 11.5 Å². The molecule has 0 spiro atoms. The molecule has 1 unspecified atom stereocenters. The molecule has 1 aliphatic heterocycles. The summed E-state index contributed by atoms with van der Waals surface area (Å²) in [5, 5.41) is 5.34. The molecule has 0 aromatic heterocycles. The van der Waals surface area contributed by atoms with Crippen molar-refractivity contribution in [3.05, 3.63) is 90.0 Å². The van der Waals surface area contributed by atoms with Crippen molar-refractivity contribution in [2.24, 2.45) is 0 Å². The van der Waals surface area contributed by atoms with Crippen molar-refractivity contribution in [3.63, 3.8) is 0 Å². The van der Waals surface area contributed by atoms with E-state index in [1.807, 2.05) is 0 Å². The number of amides is 2. The zero-order chi connectivity index (χ0) is 23.0. The average molecular weight is 446 g/mol. The summed E-state index contributed by atoms with van der Waals surface area (Å²) in [5.74, 6) is -0.569. The van der Waals surface area contributed by atoms with Gasteiger partial charge in [0.25, 0.3) is 11.8 Å². The Morgan fingerprint density at radius 3 is 2.24 bits per heavy atom. The maximum Gasteiger partial charge on any atom is 0.333 e. The Morgan fingerprint density at radius 1 is 0.848 bits per heavy atom. The van der Waals surface area contributed by atoms with E-state index in [2.05, 4.69) is 10.6 Å². The zero-order valence-electron chi connectivity index (χ0n) is 17.7. The number of carbonyl (C=O) groups excluding carboxylic acids is 3. The van der Waals surface area contributed by atoms with Crippen LogP contribution in [0.2, 0.25) is 0 Å². The number of ether oxygens (including phenoxy) is 3. The highest BCUT2D eigenvalue weighted by Gasteiger charge is 2.25. The molecule has 0 bridgehead atoms. The summed E-state index contributed by atoms with van der Waals surface area (Å²) in [6, 6.07) is 21.2. The lowest BCUT2D eigenvalue weighted by Crippen LogP contribution is -2.36. The Balaban J connectivity index is 1.39. The van der Waals surface area contributed by atoms with Crippen LogP contribution in [0.25, 0.3) is 0 Å². The molecule has 2 N–H and O–H groups in total. The van der Waals surface area contributed by atoms with Crippen LogP contribution in [0.15, 0.2) is 78.9 Å². The van der Waals surface area contributed by atoms with Gasteiger partial charge in [-0.05, 0) is 29.8 Å². The van der Waals surface area contributed by atoms with Crippen LogP contribution in [0, 0.1) is 0 Å². The van der Waals surface area contributed by atoms with Crippen molar-refractivity contribution in [2.45, 2.75) is 6.04 Å². The van der Waals surface area contributed by atoms with Crippen LogP contribution < -0.4 is 20.1 Å². The highest BCUT2D eigenvalue weighted by molar-refractivity contribution is 5.98. The van der Waals surface area contributed by atoms with Gasteiger partial charge in [-0.2, -0.15) is 0 Å². The lowest BCUT2D eigenvalue weighted by Gasteiger charge is -2.19. The van der Waals surface area contributed by atoms with Gasteiger partial charge in [0.1, 0.15) is 13.2 Å². The van der Waals surface area contributed by atoms with Gasteiger partial charge in [0.15, 0.2) is 24.1 Å². The third-order valence-electron chi connectivity index (χ3n) is 4.85. The first-order chi connectivity index (χ1) is 16.1. The molecule has 1 heterocycles. The van der Waals surface area contributed by atoms with Crippen molar-refractivity contribution < 1.29 is 28.6 Å². The normalized spacial score (nSPS) is 12.8. The first-order valence-electron chi connectivity index (χ1n) is 10.4. The van der Waals surface area contributed by atoms with E-state index in [1.165, 1.54) is 0 Å². The maximum absolute atomic E-state index is 12.8. The van der Waals surface area contributed by atoms with Crippen molar-refractivity contribution in [1.29, 1.82) is 0 Å². The third-order valence-corrected chi connectivity index (χ3v) is 4.85. The van der Waals surface area contributed by atoms with E-state index in [1.54, 1.807) is 78.9 Å². The van der Waals surface area contributed by atoms with Gasteiger partial charge in [-0.15, -0.1) is 0 Å². The fraction of sp³-hybridized carbons (Fsp3) is 0.160. The van der Waals surface area contributed by atoms with Crippen molar-refractivity contribution in [2.75, 3.05) is 25.1 Å². The van der Waals surface area contributed by atoms with Crippen LogP contribution in [0.4, 0.5) is 5.69 Å². The van der Waals surface area contributed by atoms with Gasteiger partial charge >= 0.3 is 5.97 Å². The maximum atomic E-state index is 12.8. The van der Waals surface area contributed by atoms with E-state index in [9.17, 15) is 14.4 Å². The molecular weight excluding hydrogens is 424 g/mol. The number of rotatable bonds is 7. The molecule has 2 amide bonds. The summed E-state index contributed by atoms with van der Waals surface area (Å²) in [6.45, 7) is 0.382. The third kappa shape index (κ3) is 5.68. The molecule has 0 aliphatic carbocycles. The molecule has 0 radical (unpaired) electrons. The van der Waals surface area contributed by atoms with Gasteiger partial charge in [0, 0.05) is 17.3 Å². The van der Waals surface area contributed by atoms with Crippen molar-refractivity contribution in [1.82, 2.24) is 5.32 Å². The molecule has 0 fully saturated rings. The minimum absolute atomic E-state index is 0.405. The van der Waals surface area contributed by atoms with E-state index in [4.69, 9.17) is 14.2 Å². The molecule has 1 atom stereocenters. The van der Waals surface area contributed by atoms with Gasteiger partial charge < -0.3 is 24.8 Å². The van der Waals surface area contributed by atoms with Crippen LogP contribution in [0.1, 0.15) is 22.0 Å². The summed E-state index contributed by atoms with van der Waals surface area (Å²) in [4.78, 5) is 37.8. The molecule has 0 saturated heterocycles. The predicted molar refractivity (Wildman–Crippen MR) is 120 cm³/mol. The topological polar surface area (TPSA) is 103 Å². The zero-order valence-corrected chi connectivity index (χ0v) is 17.7. The molecule has 1 aliphatic rings. The molecule has 33 heavy (non-hydrogen) atoms. The Bertz CT molecular complexity index is 1130. The van der Waals surface area contributed by atoms with Crippen LogP contribution in [0.3, 0.4) is 0 Å². The number of nitrogens with one attached hydrogen (secondary N) is 2. The average Bonchev–Trinajstić information content (AvgIpc) is 2.86. The fourth-order valence-electron chi connectivity index (χ4n) is 3.27. The fourth-order valence-corrected chi connectivity index (χ4v) is 3.27. The van der Waals surface area contributed by atoms with E-state index >= 15 is 0 Å². The largest absolute Gasteiger partial charge is 0.486 e. The summed E-state index contributed by atoms with van der Waals surface area (Å²) < 4.78 is 16.2. The van der Waals surface area contributed by atoms with Gasteiger partial charge in [0.05, 0.1) is 0 Å². The first-order valence-corrected chi connectivity index (χ1v) is 10.4. The van der Waals surface area contributed by atoms with E-state index < -0.39 is 30.4 Å². The standard InChI is InChI=1S/C25H22N2O6/c28-22(26-19-11-12-20-21(15-19)32-14-13-31-20)16-33-25(30)23(17-7-3-1-4-8-17)27-24(29)18-9-5-2-6-10-18/h1-12,15,23H,13-14,16H2,(H,26,28)(H,27,29). The lowest BCUT2D eigenvalue weighted by atomic mass is 10.1. The number of carbonyl (C=O) groups is 3. The minimum Gasteiger partial charge on any atom is -0.486 e. The summed E-state index contributed by atoms with van der Waals surface area (Å²) >= 11 is 0. The van der Waals surface area contributed by atoms with Crippen molar-refractivity contribution >= 4 is 23.5 Å². The van der Waals surface area contributed by atoms with E-state index in [-0.39, 0.29) is 0 Å². The summed E-state index contributed by atoms with van der Waals surface area (Å²) in [6.07, 6.45) is 0. The molecule has 8 nitrogen and oxygen atoms in total. The smallest absolute Gasteiger partial charge is 0.333 e. The van der Waals surface area contributed by atoms with Gasteiger partial charge in [-0.1, -0.05) is 48.5 Å². The molecular formula is C25H22N2O6. The van der Waals surface area contributed by atoms with Crippen LogP contribution in [0.5, 0.6) is 11.5 Å². The second kappa shape index (κ2) is 10.3. The number of fused-ring (bicyclic) bond motifs is 1. The molecule has 0 saturated carbocycles. The second-order valence-electron chi connectivity index (χ2n) is 7.20. The molecule has 4 rings (SSSR count). The molecule has 168 valence electrons. The van der Waals surface area contributed by atoms with Gasteiger partial charge in [-0.25, -0.2) is 4.79 Å². The van der Waals surface area contributed by atoms with E-state index in [0.717, 1.165) is 0 Å². The van der Waals surface area contributed by atoms with Gasteiger partial charge in [-0.3, -0.25) is 9.59 Å². The second-order valence-corrected chi connectivity index (χ2v) is 7.20. The Hall–Kier alpha value is -4.33. The number of benzene rings is 3. The number of esters is 1. The molecule has 3 aromatic carbocycles. The highest BCUT2D eigenvalue weighted by atomic mass is 16.6. The number of hydrogen-bond donors (Lipinski definition) is 2. The van der Waals surface area contributed by atoms with Crippen LogP contribution in [-0.2, 0) is 14.3 Å². The molecule has 8 heteroatoms. The molecule has 3 aromatic rings. The first kappa shape index (κ1) is 21.9. The van der Waals surface area contributed by atoms with Crippen LogP contribution >= 0.6 is 0 Å². The monoisotopic (exact) mass is 446 g/mol. The highest BCUT2D eigenvalue weighted by Crippen LogP contribution is 2.32. The van der Waals surface area contributed by atoms with Gasteiger partial charge in [0.2, 0.25) is 0 Å². The minimum atomic E-state index is -1.07. The Morgan fingerprint density at radius 2 is 1.52 bits per heavy atom. The Kier molecular flexibility index (Phi) is 6.84. The quantitative estimate of drug-likeness (QED) is 0.541. The predicted octanol–water partition coefficient (Wildman–Crippen LogP) is 3.11. The summed E-state index contributed by atoms with van der Waals surface area (Å²) in [7, 11) is 0. The van der Waals surface area contributed by atoms with E-state index in [0.29, 0.717) is 41.5 Å². The number of anilines is 1. The Labute approximate surface area is 190 Å². The van der Waals surface area contributed by atoms with Crippen LogP contribution in [-0.4, -0.2) is 37.6 Å². The SMILES string of the molecule is O=C(COC(=O)C(NC(=O)c1ccccc1)c1ccccc1)Nc1ccc2c(c1)OCCO2. The number of hydrogen-bond acceptors (Lipinski definition) is 6.